The first-order chi connectivity index (χ1) is 14.4. The fourth-order valence-corrected chi connectivity index (χ4v) is 5.98. The first-order valence-corrected chi connectivity index (χ1v) is 11.5. The number of carboxylic acid groups (broad SMARTS) is 1. The molecule has 0 saturated carbocycles. The lowest BCUT2D eigenvalue weighted by molar-refractivity contribution is -0.0289. The molecule has 3 aliphatic heterocycles. The minimum Gasteiger partial charge on any atom is -0.465 e. The third-order valence-electron chi connectivity index (χ3n) is 7.02. The van der Waals surface area contributed by atoms with E-state index in [0.717, 1.165) is 54.7 Å². The minimum atomic E-state index is -0.821. The van der Waals surface area contributed by atoms with Gasteiger partial charge in [0.15, 0.2) is 0 Å². The molecule has 1 aromatic heterocycles. The standard InChI is InChI=1S/C24H27N3O2S/c1-24(2,27(23(28)29)21-14-26-11-9-17(21)10-12-26)19-6-3-16(4-7-19)18-5-8-20-22(13-18)30-15-25-20/h3-8,13,15,17,21H,9-12,14H2,1-2H3,(H,28,29). The summed E-state index contributed by atoms with van der Waals surface area (Å²) in [6, 6.07) is 14.8. The first kappa shape index (κ1) is 19.5. The van der Waals surface area contributed by atoms with Gasteiger partial charge in [-0.15, -0.1) is 11.3 Å². The van der Waals surface area contributed by atoms with E-state index < -0.39 is 11.6 Å². The van der Waals surface area contributed by atoms with Crippen LogP contribution in [0.4, 0.5) is 4.79 Å². The summed E-state index contributed by atoms with van der Waals surface area (Å²) >= 11 is 1.65. The zero-order valence-electron chi connectivity index (χ0n) is 17.4. The van der Waals surface area contributed by atoms with E-state index >= 15 is 0 Å². The SMILES string of the molecule is CC(C)(c1ccc(-c2ccc3ncsc3c2)cc1)N(C(=O)O)C1CN2CCC1CC2. The Morgan fingerprint density at radius 1 is 1.13 bits per heavy atom. The molecule has 0 radical (unpaired) electrons. The fraction of sp³-hybridized carbons (Fsp3) is 0.417. The van der Waals surface area contributed by atoms with Crippen molar-refractivity contribution in [3.63, 3.8) is 0 Å². The summed E-state index contributed by atoms with van der Waals surface area (Å²) in [5.74, 6) is 0.468. The molecule has 3 fully saturated rings. The van der Waals surface area contributed by atoms with Crippen LogP contribution >= 0.6 is 11.3 Å². The minimum absolute atomic E-state index is 0.0633. The molecule has 3 saturated heterocycles. The van der Waals surface area contributed by atoms with Crippen LogP contribution in [-0.2, 0) is 5.54 Å². The number of aromatic nitrogens is 1. The highest BCUT2D eigenvalue weighted by atomic mass is 32.1. The van der Waals surface area contributed by atoms with Crippen molar-refractivity contribution in [2.45, 2.75) is 38.3 Å². The summed E-state index contributed by atoms with van der Waals surface area (Å²) in [4.78, 5) is 20.9. The lowest BCUT2D eigenvalue weighted by Crippen LogP contribution is -2.62. The van der Waals surface area contributed by atoms with Gasteiger partial charge in [-0.3, -0.25) is 4.90 Å². The van der Waals surface area contributed by atoms with Crippen molar-refractivity contribution in [3.8, 4) is 11.1 Å². The lowest BCUT2D eigenvalue weighted by atomic mass is 9.80. The number of fused-ring (bicyclic) bond motifs is 4. The van der Waals surface area contributed by atoms with Gasteiger partial charge in [-0.1, -0.05) is 30.3 Å². The second-order valence-electron chi connectivity index (χ2n) is 9.03. The average Bonchev–Trinajstić information content (AvgIpc) is 3.22. The third kappa shape index (κ3) is 3.28. The van der Waals surface area contributed by atoms with Crippen LogP contribution in [0, 0.1) is 5.92 Å². The van der Waals surface area contributed by atoms with Gasteiger partial charge in [0.05, 0.1) is 27.3 Å². The Bertz CT molecular complexity index is 1070. The summed E-state index contributed by atoms with van der Waals surface area (Å²) < 4.78 is 1.18. The van der Waals surface area contributed by atoms with Gasteiger partial charge >= 0.3 is 6.09 Å². The fourth-order valence-electron chi connectivity index (χ4n) is 5.27. The Balaban J connectivity index is 1.44. The summed E-state index contributed by atoms with van der Waals surface area (Å²) in [7, 11) is 0. The number of benzene rings is 2. The first-order valence-electron chi connectivity index (χ1n) is 10.6. The molecule has 0 aliphatic carbocycles. The maximum Gasteiger partial charge on any atom is 0.408 e. The monoisotopic (exact) mass is 421 g/mol. The van der Waals surface area contributed by atoms with E-state index in [1.165, 1.54) is 4.70 Å². The number of thiazole rings is 1. The van der Waals surface area contributed by atoms with Crippen LogP contribution in [-0.4, -0.2) is 51.7 Å². The van der Waals surface area contributed by atoms with Crippen molar-refractivity contribution in [1.29, 1.82) is 0 Å². The van der Waals surface area contributed by atoms with Gasteiger partial charge < -0.3 is 10.0 Å². The lowest BCUT2D eigenvalue weighted by Gasteiger charge is -2.52. The molecular formula is C24H27N3O2S. The smallest absolute Gasteiger partial charge is 0.408 e. The number of piperidine rings is 3. The molecule has 30 heavy (non-hydrogen) atoms. The van der Waals surface area contributed by atoms with Crippen molar-refractivity contribution in [3.05, 3.63) is 53.5 Å². The summed E-state index contributed by atoms with van der Waals surface area (Å²) in [5.41, 5.74) is 5.63. The van der Waals surface area contributed by atoms with Gasteiger partial charge in [0.2, 0.25) is 0 Å². The van der Waals surface area contributed by atoms with Gasteiger partial charge in [-0.2, -0.15) is 0 Å². The molecule has 1 unspecified atom stereocenters. The van der Waals surface area contributed by atoms with E-state index in [1.807, 2.05) is 19.4 Å². The average molecular weight is 422 g/mol. The predicted octanol–water partition coefficient (Wildman–Crippen LogP) is 5.27. The van der Waals surface area contributed by atoms with E-state index in [2.05, 4.69) is 52.3 Å². The highest BCUT2D eigenvalue weighted by Gasteiger charge is 2.45. The molecule has 2 aromatic carbocycles. The topological polar surface area (TPSA) is 56.7 Å². The second-order valence-corrected chi connectivity index (χ2v) is 9.92. The molecule has 1 N–H and O–H groups in total. The highest BCUT2D eigenvalue weighted by Crippen LogP contribution is 2.39. The number of carbonyl (C=O) groups is 1. The van der Waals surface area contributed by atoms with E-state index in [0.29, 0.717) is 5.92 Å². The van der Waals surface area contributed by atoms with Crippen molar-refractivity contribution < 1.29 is 9.90 Å². The zero-order chi connectivity index (χ0) is 20.9. The third-order valence-corrected chi connectivity index (χ3v) is 7.81. The normalized spacial score (nSPS) is 23.6. The van der Waals surface area contributed by atoms with E-state index in [9.17, 15) is 9.90 Å². The van der Waals surface area contributed by atoms with Gasteiger partial charge in [0, 0.05) is 6.54 Å². The number of hydrogen-bond donors (Lipinski definition) is 1. The number of nitrogens with zero attached hydrogens (tertiary/aromatic N) is 3. The molecule has 156 valence electrons. The van der Waals surface area contributed by atoms with Crippen molar-refractivity contribution in [2.75, 3.05) is 19.6 Å². The number of rotatable bonds is 4. The summed E-state index contributed by atoms with van der Waals surface area (Å²) in [5, 5.41) is 10.2. The van der Waals surface area contributed by atoms with E-state index in [4.69, 9.17) is 0 Å². The van der Waals surface area contributed by atoms with Crippen LogP contribution in [0.3, 0.4) is 0 Å². The van der Waals surface area contributed by atoms with Crippen LogP contribution in [0.15, 0.2) is 48.0 Å². The molecule has 1 atom stereocenters. The molecule has 2 bridgehead atoms. The molecule has 6 heteroatoms. The molecule has 5 nitrogen and oxygen atoms in total. The quantitative estimate of drug-likeness (QED) is 0.623. The van der Waals surface area contributed by atoms with Crippen molar-refractivity contribution >= 4 is 27.6 Å². The highest BCUT2D eigenvalue weighted by molar-refractivity contribution is 7.16. The Labute approximate surface area is 181 Å². The molecule has 3 aromatic rings. The van der Waals surface area contributed by atoms with Gasteiger partial charge in [0.1, 0.15) is 0 Å². The van der Waals surface area contributed by atoms with Crippen LogP contribution in [0.2, 0.25) is 0 Å². The molecule has 3 aliphatic rings. The van der Waals surface area contributed by atoms with Crippen molar-refractivity contribution in [1.82, 2.24) is 14.8 Å². The molecule has 1 amide bonds. The Morgan fingerprint density at radius 2 is 1.83 bits per heavy atom. The Hall–Kier alpha value is -2.44. The maximum atomic E-state index is 12.4. The largest absolute Gasteiger partial charge is 0.465 e. The predicted molar refractivity (Wildman–Crippen MR) is 121 cm³/mol. The van der Waals surface area contributed by atoms with Crippen LogP contribution in [0.5, 0.6) is 0 Å². The zero-order valence-corrected chi connectivity index (χ0v) is 18.2. The molecule has 4 heterocycles. The summed E-state index contributed by atoms with van der Waals surface area (Å²) in [6.07, 6.45) is 1.38. The van der Waals surface area contributed by atoms with Crippen LogP contribution in [0.1, 0.15) is 32.3 Å². The molecule has 0 spiro atoms. The van der Waals surface area contributed by atoms with E-state index in [-0.39, 0.29) is 6.04 Å². The van der Waals surface area contributed by atoms with Crippen LogP contribution < -0.4 is 0 Å². The van der Waals surface area contributed by atoms with E-state index in [1.54, 1.807) is 16.2 Å². The van der Waals surface area contributed by atoms with Crippen LogP contribution in [0.25, 0.3) is 21.3 Å². The maximum absolute atomic E-state index is 12.4. The van der Waals surface area contributed by atoms with Gasteiger partial charge in [-0.25, -0.2) is 9.78 Å². The number of amides is 1. The second kappa shape index (κ2) is 7.36. The summed E-state index contributed by atoms with van der Waals surface area (Å²) in [6.45, 7) is 7.14. The molecular weight excluding hydrogens is 394 g/mol. The Morgan fingerprint density at radius 3 is 2.47 bits per heavy atom. The van der Waals surface area contributed by atoms with Gasteiger partial charge in [-0.05, 0) is 74.5 Å². The molecule has 6 rings (SSSR count). The number of hydrogen-bond acceptors (Lipinski definition) is 4. The van der Waals surface area contributed by atoms with Gasteiger partial charge in [0.25, 0.3) is 0 Å². The van der Waals surface area contributed by atoms with Crippen molar-refractivity contribution in [2.24, 2.45) is 5.92 Å². The Kier molecular flexibility index (Phi) is 4.79.